The average Bonchev–Trinajstić information content (AvgIpc) is 2.33. The molecular weight excluding hydrogens is 249 g/mol. The van der Waals surface area contributed by atoms with Crippen LogP contribution in [0.5, 0.6) is 0 Å². The van der Waals surface area contributed by atoms with Crippen molar-refractivity contribution in [3.8, 4) is 0 Å². The summed E-state index contributed by atoms with van der Waals surface area (Å²) >= 11 is 0. The average molecular weight is 267 g/mol. The second kappa shape index (κ2) is 7.48. The summed E-state index contributed by atoms with van der Waals surface area (Å²) in [5.74, 6) is -0.493. The fraction of sp³-hybridized carbons (Fsp3) is 0.385. The van der Waals surface area contributed by atoms with Gasteiger partial charge in [-0.2, -0.15) is 0 Å². The van der Waals surface area contributed by atoms with Crippen molar-refractivity contribution in [1.82, 2.24) is 10.6 Å². The van der Waals surface area contributed by atoms with E-state index in [2.05, 4.69) is 15.6 Å². The first kappa shape index (κ1) is 15.1. The number of hydrogen-bond donors (Lipinski definition) is 3. The number of carbonyl (C=O) groups is 1. The molecule has 1 aliphatic heterocycles. The summed E-state index contributed by atoms with van der Waals surface area (Å²) in [6.45, 7) is 1.70. The molecule has 0 saturated heterocycles. The number of nitrogens with one attached hydrogen (secondary N) is 2. The molecule has 1 aliphatic rings. The van der Waals surface area contributed by atoms with Gasteiger partial charge in [-0.15, -0.1) is 0 Å². The van der Waals surface area contributed by atoms with Crippen molar-refractivity contribution in [1.29, 1.82) is 0 Å². The monoisotopic (exact) mass is 267 g/mol. The first-order valence-electron chi connectivity index (χ1n) is 5.92. The molecule has 0 saturated carbocycles. The van der Waals surface area contributed by atoms with Crippen LogP contribution in [0.25, 0.3) is 0 Å². The molecule has 6 heteroatoms. The maximum atomic E-state index is 13.4. The molecule has 0 bridgehead atoms. The lowest BCUT2D eigenvalue weighted by Crippen LogP contribution is -2.39. The van der Waals surface area contributed by atoms with Crippen molar-refractivity contribution in [2.75, 3.05) is 7.05 Å². The van der Waals surface area contributed by atoms with Crippen molar-refractivity contribution < 1.29 is 14.3 Å². The van der Waals surface area contributed by atoms with E-state index >= 15 is 0 Å². The summed E-state index contributed by atoms with van der Waals surface area (Å²) in [5.41, 5.74) is 0.589. The number of nitrogens with zero attached hydrogens (tertiary/aromatic N) is 1. The Kier molecular flexibility index (Phi) is 5.95. The number of aliphatic carboxylic acids is 1. The third-order valence-corrected chi connectivity index (χ3v) is 2.52. The predicted octanol–water partition coefficient (Wildman–Crippen LogP) is 1.36. The number of allylic oxidation sites excluding steroid dienone is 5. The van der Waals surface area contributed by atoms with Crippen molar-refractivity contribution >= 4 is 11.8 Å². The highest BCUT2D eigenvalue weighted by molar-refractivity contribution is 5.89. The minimum absolute atomic E-state index is 0.183. The Morgan fingerprint density at radius 2 is 2.37 bits per heavy atom. The van der Waals surface area contributed by atoms with Crippen LogP contribution < -0.4 is 10.6 Å². The molecule has 0 aromatic heterocycles. The normalized spacial score (nSPS) is 25.5. The number of rotatable bonds is 4. The van der Waals surface area contributed by atoms with E-state index in [-0.39, 0.29) is 6.42 Å². The van der Waals surface area contributed by atoms with Crippen LogP contribution in [-0.2, 0) is 4.79 Å². The molecule has 3 N–H and O–H groups in total. The zero-order chi connectivity index (χ0) is 14.3. The largest absolute Gasteiger partial charge is 0.480 e. The second-order valence-corrected chi connectivity index (χ2v) is 4.10. The van der Waals surface area contributed by atoms with Crippen LogP contribution in [0.4, 0.5) is 4.39 Å². The second-order valence-electron chi connectivity index (χ2n) is 4.10. The molecule has 0 radical (unpaired) electrons. The Morgan fingerprint density at radius 3 is 3.00 bits per heavy atom. The van der Waals surface area contributed by atoms with Gasteiger partial charge in [0, 0.05) is 18.3 Å². The minimum Gasteiger partial charge on any atom is -0.480 e. The van der Waals surface area contributed by atoms with Crippen molar-refractivity contribution in [3.05, 3.63) is 36.2 Å². The maximum absolute atomic E-state index is 13.4. The molecular formula is C13H18FN3O2. The lowest BCUT2D eigenvalue weighted by Gasteiger charge is -2.15. The summed E-state index contributed by atoms with van der Waals surface area (Å²) in [6, 6.07) is -0.743. The molecule has 0 amide bonds. The SMILES string of the molecule is CN[C@H](CC1=N/C=C/C=CC(F)/C=C(\C)N1)C(=O)O. The number of hydrogen-bond acceptors (Lipinski definition) is 4. The zero-order valence-electron chi connectivity index (χ0n) is 10.9. The van der Waals surface area contributed by atoms with Gasteiger partial charge in [-0.1, -0.05) is 6.08 Å². The number of alkyl halides is 1. The van der Waals surface area contributed by atoms with Gasteiger partial charge in [0.2, 0.25) is 0 Å². The van der Waals surface area contributed by atoms with E-state index in [1.165, 1.54) is 18.4 Å². The Morgan fingerprint density at radius 1 is 1.63 bits per heavy atom. The summed E-state index contributed by atoms with van der Waals surface area (Å²) in [4.78, 5) is 15.1. The van der Waals surface area contributed by atoms with Crippen molar-refractivity contribution in [3.63, 3.8) is 0 Å². The predicted molar refractivity (Wildman–Crippen MR) is 72.6 cm³/mol. The van der Waals surface area contributed by atoms with E-state index < -0.39 is 18.2 Å². The lowest BCUT2D eigenvalue weighted by atomic mass is 10.2. The fourth-order valence-corrected chi connectivity index (χ4v) is 1.56. The maximum Gasteiger partial charge on any atom is 0.321 e. The first-order chi connectivity index (χ1) is 9.02. The van der Waals surface area contributed by atoms with Gasteiger partial charge in [-0.3, -0.25) is 4.79 Å². The van der Waals surface area contributed by atoms with Crippen LogP contribution in [0.1, 0.15) is 13.3 Å². The van der Waals surface area contributed by atoms with Crippen LogP contribution in [0, 0.1) is 0 Å². The molecule has 2 atom stereocenters. The van der Waals surface area contributed by atoms with E-state index in [1.54, 1.807) is 26.1 Å². The summed E-state index contributed by atoms with van der Waals surface area (Å²) in [6.07, 6.45) is 6.46. The number of likely N-dealkylation sites (N-methyl/N-ethyl adjacent to an activating group) is 1. The first-order valence-corrected chi connectivity index (χ1v) is 5.92. The van der Waals surface area contributed by atoms with E-state index in [0.717, 1.165) is 0 Å². The van der Waals surface area contributed by atoms with Crippen LogP contribution in [-0.4, -0.2) is 36.2 Å². The fourth-order valence-electron chi connectivity index (χ4n) is 1.56. The molecule has 5 nitrogen and oxygen atoms in total. The van der Waals surface area contributed by atoms with E-state index in [4.69, 9.17) is 5.11 Å². The highest BCUT2D eigenvalue weighted by Gasteiger charge is 2.17. The molecule has 1 rings (SSSR count). The molecule has 0 fully saturated rings. The molecule has 0 aromatic carbocycles. The Bertz CT molecular complexity index is 441. The number of carboxylic acid groups (broad SMARTS) is 1. The zero-order valence-corrected chi connectivity index (χ0v) is 10.9. The summed E-state index contributed by atoms with van der Waals surface area (Å²) in [5, 5.41) is 14.6. The third-order valence-electron chi connectivity index (χ3n) is 2.52. The molecule has 104 valence electrons. The lowest BCUT2D eigenvalue weighted by molar-refractivity contribution is -0.139. The molecule has 0 spiro atoms. The number of amidine groups is 1. The standard InChI is InChI=1S/C13H18FN3O2/c1-9-7-10(14)5-3-4-6-16-12(17-9)8-11(15-2)13(18)19/h3-7,10-11,15H,8H2,1-2H3,(H,16,17)(H,18,19)/b5-3?,6-4+,9-7+/t10?,11-/m1/s1. The highest BCUT2D eigenvalue weighted by Crippen LogP contribution is 2.04. The number of halogens is 1. The van der Waals surface area contributed by atoms with Crippen LogP contribution in [0.2, 0.25) is 0 Å². The van der Waals surface area contributed by atoms with E-state index in [9.17, 15) is 9.18 Å². The number of aliphatic imine (C=N–C) groups is 1. The van der Waals surface area contributed by atoms with E-state index in [0.29, 0.717) is 11.5 Å². The van der Waals surface area contributed by atoms with Crippen molar-refractivity contribution in [2.45, 2.75) is 25.6 Å². The van der Waals surface area contributed by atoms with Gasteiger partial charge in [-0.05, 0) is 32.2 Å². The van der Waals surface area contributed by atoms with Crippen LogP contribution in [0.3, 0.4) is 0 Å². The number of carboxylic acids is 1. The Labute approximate surface area is 111 Å². The van der Waals surface area contributed by atoms with Gasteiger partial charge < -0.3 is 15.7 Å². The Balaban J connectivity index is 2.87. The smallest absolute Gasteiger partial charge is 0.321 e. The van der Waals surface area contributed by atoms with Gasteiger partial charge in [0.15, 0.2) is 0 Å². The van der Waals surface area contributed by atoms with Crippen LogP contribution >= 0.6 is 0 Å². The minimum atomic E-state index is -1.18. The van der Waals surface area contributed by atoms with Gasteiger partial charge in [0.05, 0.1) is 0 Å². The topological polar surface area (TPSA) is 73.7 Å². The third kappa shape index (κ3) is 5.48. The van der Waals surface area contributed by atoms with Gasteiger partial charge >= 0.3 is 5.97 Å². The summed E-state index contributed by atoms with van der Waals surface area (Å²) < 4.78 is 13.4. The van der Waals surface area contributed by atoms with Crippen LogP contribution in [0.15, 0.2) is 41.2 Å². The molecule has 0 aliphatic carbocycles. The van der Waals surface area contributed by atoms with Crippen molar-refractivity contribution in [2.24, 2.45) is 4.99 Å². The highest BCUT2D eigenvalue weighted by atomic mass is 19.1. The van der Waals surface area contributed by atoms with E-state index in [1.807, 2.05) is 0 Å². The molecule has 1 unspecified atom stereocenters. The quantitative estimate of drug-likeness (QED) is 0.719. The molecule has 0 aromatic rings. The molecule has 19 heavy (non-hydrogen) atoms. The Hall–Kier alpha value is -1.95. The molecule has 1 heterocycles. The van der Waals surface area contributed by atoms with Gasteiger partial charge in [0.1, 0.15) is 18.0 Å². The van der Waals surface area contributed by atoms with Gasteiger partial charge in [0.25, 0.3) is 0 Å². The summed E-state index contributed by atoms with van der Waals surface area (Å²) in [7, 11) is 1.57. The van der Waals surface area contributed by atoms with Gasteiger partial charge in [-0.25, -0.2) is 9.38 Å².